The van der Waals surface area contributed by atoms with Crippen molar-refractivity contribution in [2.45, 2.75) is 65.0 Å². The molecule has 27 heavy (non-hydrogen) atoms. The number of rotatable bonds is 9. The third kappa shape index (κ3) is 5.84. The van der Waals surface area contributed by atoms with Crippen LogP contribution in [0.5, 0.6) is 5.75 Å². The molecule has 0 saturated carbocycles. The molecule has 1 unspecified atom stereocenters. The van der Waals surface area contributed by atoms with Crippen molar-refractivity contribution in [2.75, 3.05) is 6.54 Å². The summed E-state index contributed by atoms with van der Waals surface area (Å²) in [5, 5.41) is 19.5. The number of hydrogen-bond acceptors (Lipinski definition) is 3. The van der Waals surface area contributed by atoms with Gasteiger partial charge in [-0.3, -0.25) is 4.90 Å². The van der Waals surface area contributed by atoms with Crippen molar-refractivity contribution in [3.63, 3.8) is 0 Å². The Hall–Kier alpha value is -2.31. The monoisotopic (exact) mass is 364 g/mol. The van der Waals surface area contributed by atoms with Crippen LogP contribution in [0.2, 0.25) is 0 Å². The minimum Gasteiger partial charge on any atom is -0.508 e. The Morgan fingerprint density at radius 1 is 1.00 bits per heavy atom. The Morgan fingerprint density at radius 3 is 2.26 bits per heavy atom. The number of benzene rings is 2. The minimum absolute atomic E-state index is 0.133. The zero-order chi connectivity index (χ0) is 19.8. The normalized spacial score (nSPS) is 12.5. The van der Waals surface area contributed by atoms with Gasteiger partial charge in [-0.05, 0) is 64.3 Å². The first kappa shape index (κ1) is 21.0. The Bertz CT molecular complexity index is 739. The van der Waals surface area contributed by atoms with E-state index >= 15 is 0 Å². The summed E-state index contributed by atoms with van der Waals surface area (Å²) in [6, 6.07) is 19.4. The van der Waals surface area contributed by atoms with Crippen LogP contribution in [0.4, 0.5) is 0 Å². The van der Waals surface area contributed by atoms with Gasteiger partial charge in [0.05, 0.1) is 6.07 Å². The van der Waals surface area contributed by atoms with Crippen LogP contribution >= 0.6 is 0 Å². The molecule has 0 aliphatic rings. The molecule has 3 heteroatoms. The summed E-state index contributed by atoms with van der Waals surface area (Å²) in [6.07, 6.45) is 2.15. The van der Waals surface area contributed by atoms with Gasteiger partial charge in [0, 0.05) is 30.0 Å². The van der Waals surface area contributed by atoms with Crippen LogP contribution in [0.15, 0.2) is 48.5 Å². The quantitative estimate of drug-likeness (QED) is 0.640. The number of hydrogen-bond donors (Lipinski definition) is 1. The second-order valence-corrected chi connectivity index (χ2v) is 7.73. The van der Waals surface area contributed by atoms with Gasteiger partial charge in [0.1, 0.15) is 5.75 Å². The van der Waals surface area contributed by atoms with Crippen molar-refractivity contribution in [1.82, 2.24) is 4.90 Å². The first-order valence-corrected chi connectivity index (χ1v) is 9.93. The second-order valence-electron chi connectivity index (χ2n) is 7.73. The number of nitrogens with zero attached hydrogens (tertiary/aromatic N) is 2. The van der Waals surface area contributed by atoms with E-state index in [0.717, 1.165) is 30.5 Å². The van der Waals surface area contributed by atoms with Gasteiger partial charge in [0.2, 0.25) is 0 Å². The van der Waals surface area contributed by atoms with Crippen molar-refractivity contribution >= 4 is 0 Å². The molecule has 0 aromatic heterocycles. The highest BCUT2D eigenvalue weighted by molar-refractivity contribution is 5.44. The summed E-state index contributed by atoms with van der Waals surface area (Å²) >= 11 is 0. The highest BCUT2D eigenvalue weighted by Crippen LogP contribution is 2.35. The van der Waals surface area contributed by atoms with Crippen molar-refractivity contribution in [3.8, 4) is 11.8 Å². The Kier molecular flexibility index (Phi) is 7.88. The number of aryl methyl sites for hydroxylation is 1. The molecule has 0 saturated heterocycles. The van der Waals surface area contributed by atoms with Crippen LogP contribution in [0, 0.1) is 11.3 Å². The van der Waals surface area contributed by atoms with Crippen molar-refractivity contribution in [3.05, 3.63) is 65.2 Å². The van der Waals surface area contributed by atoms with E-state index < -0.39 is 0 Å². The summed E-state index contributed by atoms with van der Waals surface area (Å²) in [5.74, 6) is 0.471. The molecule has 0 bridgehead atoms. The number of phenols is 1. The lowest BCUT2D eigenvalue weighted by molar-refractivity contribution is 0.170. The zero-order valence-electron chi connectivity index (χ0n) is 17.0. The Labute approximate surface area is 164 Å². The maximum absolute atomic E-state index is 10.6. The first-order chi connectivity index (χ1) is 12.9. The molecule has 1 atom stereocenters. The molecule has 0 fully saturated rings. The predicted molar refractivity (Wildman–Crippen MR) is 112 cm³/mol. The van der Waals surface area contributed by atoms with Gasteiger partial charge < -0.3 is 5.11 Å². The summed E-state index contributed by atoms with van der Waals surface area (Å²) in [7, 11) is 0. The van der Waals surface area contributed by atoms with Gasteiger partial charge >= 0.3 is 0 Å². The Balaban J connectivity index is 2.35. The summed E-state index contributed by atoms with van der Waals surface area (Å²) in [6.45, 7) is 9.90. The van der Waals surface area contributed by atoms with Crippen LogP contribution in [-0.2, 0) is 6.42 Å². The molecular weight excluding hydrogens is 332 g/mol. The third-order valence-electron chi connectivity index (χ3n) is 5.20. The maximum Gasteiger partial charge on any atom is 0.119 e. The fourth-order valence-electron chi connectivity index (χ4n) is 3.82. The van der Waals surface area contributed by atoms with Crippen LogP contribution in [-0.4, -0.2) is 28.6 Å². The number of phenolic OH excluding ortho intramolecular Hbond substituents is 1. The molecule has 0 spiro atoms. The predicted octanol–water partition coefficient (Wildman–Crippen LogP) is 5.49. The molecule has 0 aliphatic carbocycles. The van der Waals surface area contributed by atoms with Crippen LogP contribution in [0.25, 0.3) is 0 Å². The lowest BCUT2D eigenvalue weighted by atomic mass is 9.86. The van der Waals surface area contributed by atoms with Gasteiger partial charge in [-0.2, -0.15) is 5.26 Å². The standard InChI is InChI=1S/C24H32N2O/c1-18(2)26(19(3)4)16-14-22(21-10-6-5-7-11-21)23-17-20(9-8-15-25)12-13-24(23)27/h5-7,10-13,17-19,22,27H,8-9,14,16H2,1-4H3. The lowest BCUT2D eigenvalue weighted by Crippen LogP contribution is -2.38. The molecule has 2 aromatic rings. The van der Waals surface area contributed by atoms with E-state index in [0.29, 0.717) is 24.3 Å². The molecule has 2 rings (SSSR count). The van der Waals surface area contributed by atoms with Crippen molar-refractivity contribution in [2.24, 2.45) is 0 Å². The maximum atomic E-state index is 10.6. The molecule has 0 heterocycles. The first-order valence-electron chi connectivity index (χ1n) is 9.93. The van der Waals surface area contributed by atoms with Gasteiger partial charge in [-0.1, -0.05) is 42.5 Å². The van der Waals surface area contributed by atoms with Crippen LogP contribution in [0.3, 0.4) is 0 Å². The van der Waals surface area contributed by atoms with Gasteiger partial charge in [0.25, 0.3) is 0 Å². The van der Waals surface area contributed by atoms with E-state index in [-0.39, 0.29) is 5.92 Å². The number of nitriles is 1. The number of aromatic hydroxyl groups is 1. The van der Waals surface area contributed by atoms with E-state index in [1.165, 1.54) is 5.56 Å². The topological polar surface area (TPSA) is 47.3 Å². The lowest BCUT2D eigenvalue weighted by Gasteiger charge is -2.32. The van der Waals surface area contributed by atoms with Gasteiger partial charge in [-0.15, -0.1) is 0 Å². The van der Waals surface area contributed by atoms with E-state index in [4.69, 9.17) is 5.26 Å². The highest BCUT2D eigenvalue weighted by atomic mass is 16.3. The molecule has 0 radical (unpaired) electrons. The summed E-state index contributed by atoms with van der Waals surface area (Å²) < 4.78 is 0. The third-order valence-corrected chi connectivity index (χ3v) is 5.20. The molecule has 0 aliphatic heterocycles. The van der Waals surface area contributed by atoms with E-state index in [1.54, 1.807) is 6.07 Å². The van der Waals surface area contributed by atoms with E-state index in [1.807, 2.05) is 12.1 Å². The molecule has 144 valence electrons. The fourth-order valence-corrected chi connectivity index (χ4v) is 3.82. The molecule has 1 N–H and O–H groups in total. The van der Waals surface area contributed by atoms with Crippen molar-refractivity contribution < 1.29 is 5.11 Å². The van der Waals surface area contributed by atoms with Gasteiger partial charge in [-0.25, -0.2) is 0 Å². The Morgan fingerprint density at radius 2 is 1.67 bits per heavy atom. The second kappa shape index (κ2) is 10.1. The van der Waals surface area contributed by atoms with Crippen molar-refractivity contribution in [1.29, 1.82) is 5.26 Å². The van der Waals surface area contributed by atoms with E-state index in [9.17, 15) is 5.11 Å². The minimum atomic E-state index is 0.133. The summed E-state index contributed by atoms with van der Waals surface area (Å²) in [5.41, 5.74) is 3.29. The molecule has 3 nitrogen and oxygen atoms in total. The average molecular weight is 365 g/mol. The zero-order valence-corrected chi connectivity index (χ0v) is 17.0. The molecule has 2 aromatic carbocycles. The smallest absolute Gasteiger partial charge is 0.119 e. The molecule has 0 amide bonds. The van der Waals surface area contributed by atoms with E-state index in [2.05, 4.69) is 69.0 Å². The SMILES string of the molecule is CC(C)N(CCC(c1ccccc1)c1cc(CCC#N)ccc1O)C(C)C. The fraction of sp³-hybridized carbons (Fsp3) is 0.458. The molecular formula is C24H32N2O. The van der Waals surface area contributed by atoms with Crippen LogP contribution in [0.1, 0.15) is 63.1 Å². The average Bonchev–Trinajstić information content (AvgIpc) is 2.65. The van der Waals surface area contributed by atoms with Crippen LogP contribution < -0.4 is 0 Å². The summed E-state index contributed by atoms with van der Waals surface area (Å²) in [4.78, 5) is 2.49. The largest absolute Gasteiger partial charge is 0.508 e. The highest BCUT2D eigenvalue weighted by Gasteiger charge is 2.21. The van der Waals surface area contributed by atoms with Gasteiger partial charge in [0.15, 0.2) is 0 Å².